The lowest BCUT2D eigenvalue weighted by atomic mass is 10.1. The van der Waals surface area contributed by atoms with E-state index in [1.807, 2.05) is 0 Å². The van der Waals surface area contributed by atoms with E-state index in [0.29, 0.717) is 39.9 Å². The minimum absolute atomic E-state index is 0.179. The Hall–Kier alpha value is -3.79. The molecule has 6 rings (SSSR count). The Morgan fingerprint density at radius 1 is 1.17 bits per heavy atom. The fraction of sp³-hybridized carbons (Fsp3) is 0.269. The number of hydrogen-bond acceptors (Lipinski definition) is 5. The first-order chi connectivity index (χ1) is 17.3. The van der Waals surface area contributed by atoms with Crippen molar-refractivity contribution in [1.82, 2.24) is 19.8 Å². The minimum atomic E-state index is -0.406. The Balaban J connectivity index is 1.22. The first kappa shape index (κ1) is 22.7. The van der Waals surface area contributed by atoms with Crippen LogP contribution in [-0.4, -0.2) is 45.4 Å². The van der Waals surface area contributed by atoms with Gasteiger partial charge in [-0.05, 0) is 60.2 Å². The summed E-state index contributed by atoms with van der Waals surface area (Å²) in [7, 11) is 1.76. The van der Waals surface area contributed by atoms with Gasteiger partial charge in [0.2, 0.25) is 0 Å². The van der Waals surface area contributed by atoms with E-state index in [4.69, 9.17) is 5.73 Å². The van der Waals surface area contributed by atoms with Crippen LogP contribution in [0.25, 0.3) is 21.3 Å². The van der Waals surface area contributed by atoms with Crippen molar-refractivity contribution in [3.05, 3.63) is 71.6 Å². The molecule has 1 aliphatic heterocycles. The second kappa shape index (κ2) is 8.41. The highest BCUT2D eigenvalue weighted by Crippen LogP contribution is 2.50. The number of carbonyl (C=O) groups is 2. The van der Waals surface area contributed by atoms with Crippen molar-refractivity contribution in [2.24, 2.45) is 18.9 Å². The van der Waals surface area contributed by atoms with Gasteiger partial charge in [-0.2, -0.15) is 0 Å². The highest BCUT2D eigenvalue weighted by Gasteiger charge is 2.54. The summed E-state index contributed by atoms with van der Waals surface area (Å²) in [6, 6.07) is 11.9. The molecule has 0 bridgehead atoms. The number of anilines is 1. The fourth-order valence-corrected chi connectivity index (χ4v) is 6.16. The molecule has 1 saturated carbocycles. The van der Waals surface area contributed by atoms with Crippen LogP contribution in [0.5, 0.6) is 0 Å². The number of amides is 2. The van der Waals surface area contributed by atoms with E-state index in [-0.39, 0.29) is 41.0 Å². The van der Waals surface area contributed by atoms with Crippen molar-refractivity contribution < 1.29 is 18.4 Å². The number of nitrogens with zero attached hydrogens (tertiary/aromatic N) is 3. The van der Waals surface area contributed by atoms with E-state index >= 15 is 0 Å². The molecule has 1 aliphatic carbocycles. The number of carbonyl (C=O) groups excluding carboxylic acids is 2. The predicted molar refractivity (Wildman–Crippen MR) is 134 cm³/mol. The van der Waals surface area contributed by atoms with E-state index in [1.165, 1.54) is 24.3 Å². The maximum atomic E-state index is 13.8. The number of benzene rings is 2. The lowest BCUT2D eigenvalue weighted by Crippen LogP contribution is -2.46. The molecule has 3 atom stereocenters. The van der Waals surface area contributed by atoms with Crippen molar-refractivity contribution in [2.45, 2.75) is 12.5 Å². The summed E-state index contributed by atoms with van der Waals surface area (Å²) < 4.78 is 29.2. The highest BCUT2D eigenvalue weighted by molar-refractivity contribution is 7.19. The molecule has 1 saturated heterocycles. The molecule has 2 aromatic heterocycles. The van der Waals surface area contributed by atoms with Gasteiger partial charge in [0.25, 0.3) is 11.8 Å². The summed E-state index contributed by atoms with van der Waals surface area (Å²) in [5, 5.41) is 3.85. The highest BCUT2D eigenvalue weighted by atomic mass is 32.1. The number of hydrogen-bond donors (Lipinski definition) is 2. The summed E-state index contributed by atoms with van der Waals surface area (Å²) in [5.41, 5.74) is 7.87. The third-order valence-corrected chi connectivity index (χ3v) is 8.14. The molecular formula is C26H23F2N5O2S. The average Bonchev–Trinajstić information content (AvgIpc) is 3.18. The van der Waals surface area contributed by atoms with Gasteiger partial charge in [-0.25, -0.2) is 13.8 Å². The lowest BCUT2D eigenvalue weighted by Gasteiger charge is -2.27. The van der Waals surface area contributed by atoms with Crippen LogP contribution in [0.3, 0.4) is 0 Å². The number of piperidine rings is 1. The minimum Gasteiger partial charge on any atom is -0.375 e. The molecule has 10 heteroatoms. The lowest BCUT2D eigenvalue weighted by molar-refractivity contribution is 0.0690. The van der Waals surface area contributed by atoms with E-state index in [9.17, 15) is 18.4 Å². The molecule has 3 N–H and O–H groups in total. The normalized spacial score (nSPS) is 20.5. The van der Waals surface area contributed by atoms with Crippen LogP contribution in [0.1, 0.15) is 27.4 Å². The topological polar surface area (TPSA) is 93.2 Å². The first-order valence-electron chi connectivity index (χ1n) is 11.7. The number of nitrogen functional groups attached to an aromatic ring is 1. The van der Waals surface area contributed by atoms with Gasteiger partial charge in [0.15, 0.2) is 5.13 Å². The number of fused-ring (bicyclic) bond motifs is 2. The molecule has 0 spiro atoms. The van der Waals surface area contributed by atoms with Gasteiger partial charge in [-0.15, -0.1) is 0 Å². The van der Waals surface area contributed by atoms with Gasteiger partial charge >= 0.3 is 0 Å². The van der Waals surface area contributed by atoms with Gasteiger partial charge in [0, 0.05) is 31.0 Å². The molecule has 2 aliphatic rings. The molecule has 2 aromatic carbocycles. The Labute approximate surface area is 209 Å². The van der Waals surface area contributed by atoms with Gasteiger partial charge in [0.05, 0.1) is 10.9 Å². The standard InChI is InChI=1S/C26H23F2N5O2S/c1-32-19-6-5-17(28)8-14(19)10-20(32)24(34)30-11-21-18-9-15(18)12-33(21)25(35)22-23(36-26(29)31-22)13-3-2-4-16(27)7-13/h2-8,10,15,18,21H,9,11-12H2,1H3,(H2,29,31)(H,30,34)/t15-,18-,21+/m0/s1. The van der Waals surface area contributed by atoms with E-state index in [1.54, 1.807) is 40.8 Å². The van der Waals surface area contributed by atoms with Crippen LogP contribution < -0.4 is 11.1 Å². The van der Waals surface area contributed by atoms with Crippen molar-refractivity contribution in [3.63, 3.8) is 0 Å². The van der Waals surface area contributed by atoms with Crippen LogP contribution in [0.4, 0.5) is 13.9 Å². The number of thiazole rings is 1. The van der Waals surface area contributed by atoms with Crippen LogP contribution >= 0.6 is 11.3 Å². The SMILES string of the molecule is Cn1c(C(=O)NC[C@@H]2[C@H]3C[C@H]3CN2C(=O)c2nc(N)sc2-c2cccc(F)c2)cc2cc(F)ccc21. The van der Waals surface area contributed by atoms with E-state index in [0.717, 1.165) is 23.3 Å². The smallest absolute Gasteiger partial charge is 0.274 e. The second-order valence-corrected chi connectivity index (χ2v) is 10.5. The van der Waals surface area contributed by atoms with Crippen molar-refractivity contribution >= 4 is 39.2 Å². The number of nitrogens with one attached hydrogen (secondary N) is 1. The summed E-state index contributed by atoms with van der Waals surface area (Å²) in [4.78, 5) is 33.2. The zero-order valence-corrected chi connectivity index (χ0v) is 20.2. The van der Waals surface area contributed by atoms with Gasteiger partial charge in [-0.3, -0.25) is 9.59 Å². The Morgan fingerprint density at radius 2 is 1.97 bits per heavy atom. The monoisotopic (exact) mass is 507 g/mol. The molecule has 0 radical (unpaired) electrons. The predicted octanol–water partition coefficient (Wildman–Crippen LogP) is 4.05. The van der Waals surface area contributed by atoms with Gasteiger partial charge in [-0.1, -0.05) is 23.5 Å². The van der Waals surface area contributed by atoms with E-state index in [2.05, 4.69) is 10.3 Å². The summed E-state index contributed by atoms with van der Waals surface area (Å²) in [5.74, 6) is -0.621. The van der Waals surface area contributed by atoms with Gasteiger partial charge < -0.3 is 20.5 Å². The molecule has 2 fully saturated rings. The molecule has 4 aromatic rings. The Morgan fingerprint density at radius 3 is 2.78 bits per heavy atom. The van der Waals surface area contributed by atoms with Gasteiger partial charge in [0.1, 0.15) is 23.0 Å². The largest absolute Gasteiger partial charge is 0.375 e. The van der Waals surface area contributed by atoms with Crippen molar-refractivity contribution in [3.8, 4) is 10.4 Å². The number of aryl methyl sites for hydroxylation is 1. The molecule has 3 heterocycles. The average molecular weight is 508 g/mol. The molecule has 36 heavy (non-hydrogen) atoms. The molecular weight excluding hydrogens is 484 g/mol. The number of halogens is 2. The maximum absolute atomic E-state index is 13.8. The summed E-state index contributed by atoms with van der Waals surface area (Å²) in [6.45, 7) is 0.869. The van der Waals surface area contributed by atoms with Crippen LogP contribution in [0.2, 0.25) is 0 Å². The fourth-order valence-electron chi connectivity index (χ4n) is 5.34. The number of rotatable bonds is 5. The molecule has 184 valence electrons. The zero-order valence-electron chi connectivity index (χ0n) is 19.4. The van der Waals surface area contributed by atoms with Crippen molar-refractivity contribution in [1.29, 1.82) is 0 Å². The molecule has 0 unspecified atom stereocenters. The van der Waals surface area contributed by atoms with Crippen LogP contribution in [-0.2, 0) is 7.05 Å². The summed E-state index contributed by atoms with van der Waals surface area (Å²) >= 11 is 1.15. The summed E-state index contributed by atoms with van der Waals surface area (Å²) in [6.07, 6.45) is 1.01. The Kier molecular flexibility index (Phi) is 5.29. The maximum Gasteiger partial charge on any atom is 0.274 e. The van der Waals surface area contributed by atoms with Crippen molar-refractivity contribution in [2.75, 3.05) is 18.8 Å². The Bertz CT molecular complexity index is 1530. The number of nitrogens with two attached hydrogens (primary N) is 1. The third kappa shape index (κ3) is 3.81. The quantitative estimate of drug-likeness (QED) is 0.426. The first-order valence-corrected chi connectivity index (χ1v) is 12.5. The molecule has 7 nitrogen and oxygen atoms in total. The van der Waals surface area contributed by atoms with Crippen LogP contribution in [0.15, 0.2) is 48.5 Å². The number of likely N-dealkylation sites (tertiary alicyclic amines) is 1. The van der Waals surface area contributed by atoms with Crippen LogP contribution in [0, 0.1) is 23.5 Å². The third-order valence-electron chi connectivity index (χ3n) is 7.21. The molecule has 2 amide bonds. The number of aromatic nitrogens is 2. The zero-order chi connectivity index (χ0) is 25.1. The second-order valence-electron chi connectivity index (χ2n) is 9.43. The van der Waals surface area contributed by atoms with E-state index < -0.39 is 5.82 Å².